The molecule has 0 radical (unpaired) electrons. The molecule has 3 aliphatic rings. The fourth-order valence-electron chi connectivity index (χ4n) is 4.60. The molecule has 1 aromatic heterocycles. The predicted molar refractivity (Wildman–Crippen MR) is 99.8 cm³/mol. The van der Waals surface area contributed by atoms with Crippen molar-refractivity contribution in [2.45, 2.75) is 56.2 Å². The van der Waals surface area contributed by atoms with Crippen LogP contribution in [0.25, 0.3) is 0 Å². The lowest BCUT2D eigenvalue weighted by Gasteiger charge is -2.48. The maximum atomic E-state index is 12.7. The number of hydrogen-bond acceptors (Lipinski definition) is 5. The molecule has 0 aromatic carbocycles. The van der Waals surface area contributed by atoms with E-state index in [9.17, 15) is 13.2 Å². The van der Waals surface area contributed by atoms with Gasteiger partial charge in [0.2, 0.25) is 10.0 Å². The van der Waals surface area contributed by atoms with E-state index in [2.05, 4.69) is 5.10 Å². The summed E-state index contributed by atoms with van der Waals surface area (Å²) in [6.07, 6.45) is 7.85. The molecule has 27 heavy (non-hydrogen) atoms. The van der Waals surface area contributed by atoms with Gasteiger partial charge >= 0.3 is 0 Å². The van der Waals surface area contributed by atoms with E-state index >= 15 is 0 Å². The van der Waals surface area contributed by atoms with Crippen LogP contribution in [0, 0.1) is 0 Å². The first-order valence-corrected chi connectivity index (χ1v) is 11.5. The molecule has 8 nitrogen and oxygen atoms in total. The van der Waals surface area contributed by atoms with Crippen molar-refractivity contribution in [1.82, 2.24) is 19.0 Å². The van der Waals surface area contributed by atoms with Crippen molar-refractivity contribution in [2.24, 2.45) is 7.05 Å². The second kappa shape index (κ2) is 6.86. The summed E-state index contributed by atoms with van der Waals surface area (Å²) in [7, 11) is -1.44. The molecule has 150 valence electrons. The molecular formula is C18H28N4O4S. The summed E-state index contributed by atoms with van der Waals surface area (Å²) in [6, 6.07) is 1.92. The van der Waals surface area contributed by atoms with E-state index in [-0.39, 0.29) is 23.6 Å². The van der Waals surface area contributed by atoms with E-state index < -0.39 is 10.0 Å². The SMILES string of the molecule is Cn1nccc1C(=O)N1CCC2(CC1)CC(N(C1CC1)S(C)(=O)=O)CCO2. The Bertz CT molecular complexity index is 809. The van der Waals surface area contributed by atoms with Crippen molar-refractivity contribution >= 4 is 15.9 Å². The summed E-state index contributed by atoms with van der Waals surface area (Å²) >= 11 is 0. The summed E-state index contributed by atoms with van der Waals surface area (Å²) in [5, 5.41) is 4.07. The Balaban J connectivity index is 1.43. The second-order valence-electron chi connectivity index (χ2n) is 8.13. The molecule has 3 fully saturated rings. The van der Waals surface area contributed by atoms with E-state index in [1.54, 1.807) is 28.3 Å². The van der Waals surface area contributed by atoms with Gasteiger partial charge in [0, 0.05) is 45.0 Å². The molecule has 0 N–H and O–H groups in total. The highest BCUT2D eigenvalue weighted by Crippen LogP contribution is 2.41. The van der Waals surface area contributed by atoms with Crippen LogP contribution in [-0.2, 0) is 21.8 Å². The molecular weight excluding hydrogens is 368 g/mol. The number of aryl methyl sites for hydroxylation is 1. The Labute approximate surface area is 160 Å². The minimum atomic E-state index is -3.21. The van der Waals surface area contributed by atoms with Crippen molar-refractivity contribution in [3.63, 3.8) is 0 Å². The van der Waals surface area contributed by atoms with Gasteiger partial charge in [-0.3, -0.25) is 9.48 Å². The fourth-order valence-corrected chi connectivity index (χ4v) is 6.07. The van der Waals surface area contributed by atoms with Crippen molar-refractivity contribution < 1.29 is 17.9 Å². The third-order valence-corrected chi connectivity index (χ3v) is 7.48. The van der Waals surface area contributed by atoms with Gasteiger partial charge in [0.15, 0.2) is 0 Å². The van der Waals surface area contributed by atoms with Crippen LogP contribution in [0.1, 0.15) is 49.0 Å². The Morgan fingerprint density at radius 3 is 2.52 bits per heavy atom. The van der Waals surface area contributed by atoms with E-state index in [4.69, 9.17) is 4.74 Å². The zero-order valence-electron chi connectivity index (χ0n) is 16.0. The summed E-state index contributed by atoms with van der Waals surface area (Å²) < 4.78 is 34.1. The van der Waals surface area contributed by atoms with E-state index in [1.165, 1.54) is 6.26 Å². The Morgan fingerprint density at radius 2 is 1.96 bits per heavy atom. The highest BCUT2D eigenvalue weighted by molar-refractivity contribution is 7.88. The number of likely N-dealkylation sites (tertiary alicyclic amines) is 1. The summed E-state index contributed by atoms with van der Waals surface area (Å²) in [6.45, 7) is 1.83. The second-order valence-corrected chi connectivity index (χ2v) is 10.0. The first kappa shape index (κ1) is 18.9. The van der Waals surface area contributed by atoms with Crippen LogP contribution in [0.4, 0.5) is 0 Å². The van der Waals surface area contributed by atoms with Gasteiger partial charge in [0.1, 0.15) is 5.69 Å². The normalized spacial score (nSPS) is 25.9. The van der Waals surface area contributed by atoms with Crippen LogP contribution >= 0.6 is 0 Å². The molecule has 1 atom stereocenters. The number of nitrogens with zero attached hydrogens (tertiary/aromatic N) is 4. The van der Waals surface area contributed by atoms with E-state index in [0.29, 0.717) is 25.4 Å². The number of ether oxygens (including phenoxy) is 1. The maximum Gasteiger partial charge on any atom is 0.272 e. The molecule has 0 bridgehead atoms. The van der Waals surface area contributed by atoms with Crippen LogP contribution < -0.4 is 0 Å². The molecule has 4 rings (SSSR count). The number of aromatic nitrogens is 2. The lowest BCUT2D eigenvalue weighted by molar-refractivity contribution is -0.123. The van der Waals surface area contributed by atoms with Gasteiger partial charge in [-0.05, 0) is 44.6 Å². The van der Waals surface area contributed by atoms with Gasteiger partial charge < -0.3 is 9.64 Å². The highest BCUT2D eigenvalue weighted by atomic mass is 32.2. The molecule has 2 aliphatic heterocycles. The third-order valence-electron chi connectivity index (χ3n) is 6.12. The zero-order chi connectivity index (χ0) is 19.2. The molecule has 1 unspecified atom stereocenters. The molecule has 3 heterocycles. The molecule has 9 heteroatoms. The number of amides is 1. The molecule has 1 aliphatic carbocycles. The van der Waals surface area contributed by atoms with Crippen molar-refractivity contribution in [3.05, 3.63) is 18.0 Å². The van der Waals surface area contributed by atoms with Crippen molar-refractivity contribution in [3.8, 4) is 0 Å². The van der Waals surface area contributed by atoms with Crippen molar-refractivity contribution in [1.29, 1.82) is 0 Å². The smallest absolute Gasteiger partial charge is 0.272 e. The largest absolute Gasteiger partial charge is 0.375 e. The number of hydrogen-bond donors (Lipinski definition) is 0. The minimum Gasteiger partial charge on any atom is -0.375 e. The zero-order valence-corrected chi connectivity index (χ0v) is 16.8. The highest BCUT2D eigenvalue weighted by Gasteiger charge is 2.47. The van der Waals surface area contributed by atoms with Gasteiger partial charge in [-0.2, -0.15) is 9.40 Å². The van der Waals surface area contributed by atoms with E-state index in [0.717, 1.165) is 38.5 Å². The van der Waals surface area contributed by atoms with Gasteiger partial charge in [0.05, 0.1) is 11.9 Å². The predicted octanol–water partition coefficient (Wildman–Crippen LogP) is 0.998. The number of piperidine rings is 1. The quantitative estimate of drug-likeness (QED) is 0.758. The van der Waals surface area contributed by atoms with Crippen LogP contribution in [0.2, 0.25) is 0 Å². The molecule has 1 saturated carbocycles. The third kappa shape index (κ3) is 3.77. The average molecular weight is 397 g/mol. The van der Waals surface area contributed by atoms with Crippen LogP contribution in [0.15, 0.2) is 12.3 Å². The van der Waals surface area contributed by atoms with Crippen molar-refractivity contribution in [2.75, 3.05) is 26.0 Å². The number of sulfonamides is 1. The Morgan fingerprint density at radius 1 is 1.26 bits per heavy atom. The van der Waals surface area contributed by atoms with E-state index in [1.807, 2.05) is 4.90 Å². The average Bonchev–Trinajstić information content (AvgIpc) is 3.33. The summed E-state index contributed by atoms with van der Waals surface area (Å²) in [5.74, 6) is -0.00653. The van der Waals surface area contributed by atoms with Gasteiger partial charge in [0.25, 0.3) is 5.91 Å². The Hall–Kier alpha value is -1.45. The number of carbonyl (C=O) groups is 1. The molecule has 1 spiro atoms. The summed E-state index contributed by atoms with van der Waals surface area (Å²) in [5.41, 5.74) is 0.273. The van der Waals surface area contributed by atoms with Crippen LogP contribution in [0.3, 0.4) is 0 Å². The first-order chi connectivity index (χ1) is 12.8. The lowest BCUT2D eigenvalue weighted by atomic mass is 9.82. The topological polar surface area (TPSA) is 84.7 Å². The fraction of sp³-hybridized carbons (Fsp3) is 0.778. The van der Waals surface area contributed by atoms with Gasteiger partial charge in [-0.25, -0.2) is 8.42 Å². The molecule has 1 aromatic rings. The standard InChI is InChI=1S/C18H28N4O4S/c1-20-16(5-9-19-20)17(23)21-10-7-18(8-11-21)13-15(6-12-26-18)22(14-3-4-14)27(2,24)25/h5,9,14-15H,3-4,6-8,10-13H2,1-2H3. The minimum absolute atomic E-state index is 0.00653. The monoisotopic (exact) mass is 396 g/mol. The van der Waals surface area contributed by atoms with Crippen LogP contribution in [0.5, 0.6) is 0 Å². The maximum absolute atomic E-state index is 12.7. The molecule has 1 amide bonds. The van der Waals surface area contributed by atoms with Gasteiger partial charge in [-0.15, -0.1) is 0 Å². The number of rotatable bonds is 4. The van der Waals surface area contributed by atoms with Crippen LogP contribution in [-0.4, -0.2) is 76.9 Å². The van der Waals surface area contributed by atoms with Gasteiger partial charge in [-0.1, -0.05) is 0 Å². The molecule has 2 saturated heterocycles. The summed E-state index contributed by atoms with van der Waals surface area (Å²) in [4.78, 5) is 14.5. The number of carbonyl (C=O) groups excluding carboxylic acids is 1. The Kier molecular flexibility index (Phi) is 4.80. The lowest BCUT2D eigenvalue weighted by Crippen LogP contribution is -2.55. The first-order valence-electron chi connectivity index (χ1n) is 9.69.